The fourth-order valence-electron chi connectivity index (χ4n) is 1.65. The third-order valence-corrected chi connectivity index (χ3v) is 3.07. The highest BCUT2D eigenvalue weighted by molar-refractivity contribution is 7.07. The number of rotatable bonds is 5. The van der Waals surface area contributed by atoms with Gasteiger partial charge in [0.1, 0.15) is 17.8 Å². The lowest BCUT2D eigenvalue weighted by molar-refractivity contribution is 0.0933. The Morgan fingerprint density at radius 1 is 1.56 bits per heavy atom. The van der Waals surface area contributed by atoms with Crippen molar-refractivity contribution in [3.05, 3.63) is 28.7 Å². The van der Waals surface area contributed by atoms with Crippen LogP contribution in [0.5, 0.6) is 0 Å². The Morgan fingerprint density at radius 2 is 2.39 bits per heavy atom. The smallest absolute Gasteiger partial charge is 0.271 e. The molecule has 1 amide bonds. The zero-order valence-electron chi connectivity index (χ0n) is 10.3. The lowest BCUT2D eigenvalue weighted by Gasteiger charge is -2.13. The van der Waals surface area contributed by atoms with E-state index in [4.69, 9.17) is 0 Å². The van der Waals surface area contributed by atoms with E-state index in [1.165, 1.54) is 17.7 Å². The lowest BCUT2D eigenvalue weighted by atomic mass is 10.3. The second kappa shape index (κ2) is 5.72. The van der Waals surface area contributed by atoms with Gasteiger partial charge in [0.05, 0.1) is 11.6 Å². The summed E-state index contributed by atoms with van der Waals surface area (Å²) in [5.74, 6) is 0.579. The Kier molecular flexibility index (Phi) is 4.03. The van der Waals surface area contributed by atoms with Gasteiger partial charge in [-0.1, -0.05) is 6.92 Å². The summed E-state index contributed by atoms with van der Waals surface area (Å²) >= 11 is 1.40. The fraction of sp³-hybridized carbons (Fsp3) is 0.455. The predicted octanol–water partition coefficient (Wildman–Crippen LogP) is 1.64. The second-order valence-electron chi connectivity index (χ2n) is 3.91. The van der Waals surface area contributed by atoms with Crippen LogP contribution >= 0.6 is 11.3 Å². The van der Waals surface area contributed by atoms with E-state index in [-0.39, 0.29) is 11.9 Å². The quantitative estimate of drug-likeness (QED) is 0.892. The Hall–Kier alpha value is -1.76. The van der Waals surface area contributed by atoms with E-state index < -0.39 is 0 Å². The van der Waals surface area contributed by atoms with Gasteiger partial charge in [-0.3, -0.25) is 4.79 Å². The molecule has 18 heavy (non-hydrogen) atoms. The van der Waals surface area contributed by atoms with Crippen LogP contribution in [0.15, 0.2) is 17.2 Å². The fourth-order valence-corrected chi connectivity index (χ4v) is 2.18. The maximum absolute atomic E-state index is 11.9. The van der Waals surface area contributed by atoms with Gasteiger partial charge < -0.3 is 5.32 Å². The summed E-state index contributed by atoms with van der Waals surface area (Å²) in [5, 5.41) is 8.72. The number of amides is 1. The summed E-state index contributed by atoms with van der Waals surface area (Å²) in [6.07, 6.45) is 2.49. The number of thiazole rings is 1. The topological polar surface area (TPSA) is 72.7 Å². The van der Waals surface area contributed by atoms with E-state index in [2.05, 4.69) is 27.3 Å². The molecule has 7 heteroatoms. The normalized spacial score (nSPS) is 12.3. The molecule has 96 valence electrons. The van der Waals surface area contributed by atoms with Crippen LogP contribution in [0.3, 0.4) is 0 Å². The highest BCUT2D eigenvalue weighted by atomic mass is 32.1. The molecule has 0 unspecified atom stereocenters. The largest absolute Gasteiger partial charge is 0.341 e. The first-order chi connectivity index (χ1) is 8.72. The summed E-state index contributed by atoms with van der Waals surface area (Å²) in [7, 11) is 0. The molecule has 0 saturated carbocycles. The molecule has 0 saturated heterocycles. The first-order valence-electron chi connectivity index (χ1n) is 5.79. The minimum atomic E-state index is -0.187. The molecule has 1 N–H and O–H groups in total. The number of carbonyl (C=O) groups excluding carboxylic acids is 1. The Bertz CT molecular complexity index is 507. The van der Waals surface area contributed by atoms with Crippen LogP contribution in [0.1, 0.15) is 42.6 Å². The van der Waals surface area contributed by atoms with Crippen LogP contribution < -0.4 is 5.32 Å². The van der Waals surface area contributed by atoms with Crippen LogP contribution in [0.2, 0.25) is 0 Å². The minimum Gasteiger partial charge on any atom is -0.341 e. The van der Waals surface area contributed by atoms with Gasteiger partial charge in [-0.25, -0.2) is 14.6 Å². The highest BCUT2D eigenvalue weighted by Crippen LogP contribution is 2.10. The standard InChI is InChI=1S/C11H15N5OS/c1-3-4-16-10(12-6-14-16)8(2)15-11(17)9-5-18-7-13-9/h5-8H,3-4H2,1-2H3,(H,15,17)/t8-/m1/s1. The lowest BCUT2D eigenvalue weighted by Crippen LogP contribution is -2.29. The van der Waals surface area contributed by atoms with Crippen molar-refractivity contribution in [2.75, 3.05) is 0 Å². The molecule has 0 radical (unpaired) electrons. The number of carbonyl (C=O) groups is 1. The average molecular weight is 265 g/mol. The molecule has 2 aromatic heterocycles. The van der Waals surface area contributed by atoms with Crippen molar-refractivity contribution in [3.63, 3.8) is 0 Å². The molecule has 0 aromatic carbocycles. The van der Waals surface area contributed by atoms with E-state index in [0.29, 0.717) is 5.69 Å². The number of hydrogen-bond donors (Lipinski definition) is 1. The van der Waals surface area contributed by atoms with Gasteiger partial charge in [-0.15, -0.1) is 11.3 Å². The van der Waals surface area contributed by atoms with Gasteiger partial charge in [0.25, 0.3) is 5.91 Å². The molecule has 1 atom stereocenters. The predicted molar refractivity (Wildman–Crippen MR) is 68.3 cm³/mol. The summed E-state index contributed by atoms with van der Waals surface area (Å²) in [5.41, 5.74) is 2.08. The van der Waals surface area contributed by atoms with E-state index >= 15 is 0 Å². The molecule has 2 rings (SSSR count). The molecule has 0 aliphatic carbocycles. The van der Waals surface area contributed by atoms with Gasteiger partial charge in [0.15, 0.2) is 0 Å². The Morgan fingerprint density at radius 3 is 3.06 bits per heavy atom. The number of aryl methyl sites for hydroxylation is 1. The molecular formula is C11H15N5OS. The Balaban J connectivity index is 2.05. The number of aromatic nitrogens is 4. The first-order valence-corrected chi connectivity index (χ1v) is 6.73. The van der Waals surface area contributed by atoms with Crippen molar-refractivity contribution in [2.45, 2.75) is 32.9 Å². The van der Waals surface area contributed by atoms with Crippen LogP contribution in [-0.4, -0.2) is 25.7 Å². The van der Waals surface area contributed by atoms with Crippen LogP contribution in [-0.2, 0) is 6.54 Å². The van der Waals surface area contributed by atoms with Crippen molar-refractivity contribution in [2.24, 2.45) is 0 Å². The molecule has 0 bridgehead atoms. The SMILES string of the molecule is CCCn1ncnc1[C@@H](C)NC(=O)c1cscn1. The summed E-state index contributed by atoms with van der Waals surface area (Å²) in [4.78, 5) is 20.0. The van der Waals surface area contributed by atoms with Crippen LogP contribution in [0, 0.1) is 0 Å². The zero-order chi connectivity index (χ0) is 13.0. The van der Waals surface area contributed by atoms with Gasteiger partial charge in [0.2, 0.25) is 0 Å². The van der Waals surface area contributed by atoms with Crippen molar-refractivity contribution in [1.82, 2.24) is 25.1 Å². The summed E-state index contributed by atoms with van der Waals surface area (Å²) in [6, 6.07) is -0.187. The molecule has 0 aliphatic rings. The van der Waals surface area contributed by atoms with Gasteiger partial charge in [0, 0.05) is 11.9 Å². The third kappa shape index (κ3) is 2.73. The minimum absolute atomic E-state index is 0.185. The molecule has 0 fully saturated rings. The zero-order valence-corrected chi connectivity index (χ0v) is 11.1. The molecule has 2 heterocycles. The monoisotopic (exact) mass is 265 g/mol. The van der Waals surface area contributed by atoms with Gasteiger partial charge >= 0.3 is 0 Å². The number of nitrogens with zero attached hydrogens (tertiary/aromatic N) is 4. The Labute approximate surface area is 109 Å². The highest BCUT2D eigenvalue weighted by Gasteiger charge is 2.17. The number of hydrogen-bond acceptors (Lipinski definition) is 5. The van der Waals surface area contributed by atoms with Gasteiger partial charge in [-0.05, 0) is 13.3 Å². The average Bonchev–Trinajstić information content (AvgIpc) is 3.00. The van der Waals surface area contributed by atoms with E-state index in [0.717, 1.165) is 18.8 Å². The van der Waals surface area contributed by atoms with Gasteiger partial charge in [-0.2, -0.15) is 5.10 Å². The van der Waals surface area contributed by atoms with Crippen LogP contribution in [0.4, 0.5) is 0 Å². The maximum Gasteiger partial charge on any atom is 0.271 e. The molecule has 0 aliphatic heterocycles. The van der Waals surface area contributed by atoms with Crippen molar-refractivity contribution >= 4 is 17.2 Å². The van der Waals surface area contributed by atoms with E-state index in [9.17, 15) is 4.79 Å². The molecular weight excluding hydrogens is 250 g/mol. The third-order valence-electron chi connectivity index (χ3n) is 2.48. The first kappa shape index (κ1) is 12.7. The molecule has 6 nitrogen and oxygen atoms in total. The van der Waals surface area contributed by atoms with Crippen molar-refractivity contribution in [1.29, 1.82) is 0 Å². The van der Waals surface area contributed by atoms with E-state index in [1.54, 1.807) is 10.9 Å². The molecule has 0 spiro atoms. The van der Waals surface area contributed by atoms with Crippen LogP contribution in [0.25, 0.3) is 0 Å². The molecule has 2 aromatic rings. The summed E-state index contributed by atoms with van der Waals surface area (Å²) in [6.45, 7) is 4.76. The second-order valence-corrected chi connectivity index (χ2v) is 4.63. The van der Waals surface area contributed by atoms with E-state index in [1.807, 2.05) is 11.6 Å². The van der Waals surface area contributed by atoms with Crippen molar-refractivity contribution in [3.8, 4) is 0 Å². The number of nitrogens with one attached hydrogen (secondary N) is 1. The maximum atomic E-state index is 11.9. The summed E-state index contributed by atoms with van der Waals surface area (Å²) < 4.78 is 1.81. The van der Waals surface area contributed by atoms with Crippen molar-refractivity contribution < 1.29 is 4.79 Å².